The van der Waals surface area contributed by atoms with Crippen LogP contribution in [0.25, 0.3) is 10.1 Å². The average Bonchev–Trinajstić information content (AvgIpc) is 3.12. The van der Waals surface area contributed by atoms with Crippen molar-refractivity contribution in [3.8, 4) is 0 Å². The van der Waals surface area contributed by atoms with Crippen LogP contribution in [0.5, 0.6) is 0 Å². The van der Waals surface area contributed by atoms with Crippen LogP contribution in [-0.4, -0.2) is 54.7 Å². The number of aromatic nitrogens is 1. The van der Waals surface area contributed by atoms with Gasteiger partial charge in [-0.3, -0.25) is 9.78 Å². The molecular formula is C18H17N3O3S2. The lowest BCUT2D eigenvalue weighted by atomic mass is 10.2. The number of thiophene rings is 1. The Kier molecular flexibility index (Phi) is 4.47. The van der Waals surface area contributed by atoms with E-state index in [-0.39, 0.29) is 23.9 Å². The standard InChI is InChI=1S/C18H17N3O3S2/c22-18(17-12-14-4-1-2-6-16(14)25-17)20-8-10-21(11-9-20)26(23,24)15-5-3-7-19-13-15/h1-7,12-13H,8-11H2. The van der Waals surface area contributed by atoms with Gasteiger partial charge in [0, 0.05) is 43.3 Å². The van der Waals surface area contributed by atoms with Gasteiger partial charge in [-0.2, -0.15) is 4.31 Å². The molecule has 4 rings (SSSR count). The molecule has 1 aliphatic heterocycles. The first kappa shape index (κ1) is 17.1. The minimum absolute atomic E-state index is 0.0374. The van der Waals surface area contributed by atoms with E-state index in [1.165, 1.54) is 27.9 Å². The van der Waals surface area contributed by atoms with Gasteiger partial charge in [0.2, 0.25) is 10.0 Å². The van der Waals surface area contributed by atoms with Gasteiger partial charge in [0.15, 0.2) is 0 Å². The maximum atomic E-state index is 12.8. The van der Waals surface area contributed by atoms with Crippen molar-refractivity contribution in [3.63, 3.8) is 0 Å². The summed E-state index contributed by atoms with van der Waals surface area (Å²) in [5.74, 6) is -0.0374. The summed E-state index contributed by atoms with van der Waals surface area (Å²) in [7, 11) is -3.56. The number of benzene rings is 1. The molecule has 134 valence electrons. The number of amides is 1. The molecule has 1 fully saturated rings. The molecule has 3 heterocycles. The Bertz CT molecular complexity index is 1010. The fourth-order valence-corrected chi connectivity index (χ4v) is 5.44. The van der Waals surface area contributed by atoms with Crippen molar-refractivity contribution in [1.29, 1.82) is 0 Å². The molecule has 1 saturated heterocycles. The van der Waals surface area contributed by atoms with Crippen LogP contribution in [0.4, 0.5) is 0 Å². The van der Waals surface area contributed by atoms with Crippen LogP contribution in [0, 0.1) is 0 Å². The van der Waals surface area contributed by atoms with Gasteiger partial charge in [-0.25, -0.2) is 8.42 Å². The number of nitrogens with zero attached hydrogens (tertiary/aromatic N) is 3. The Morgan fingerprint density at radius 3 is 2.50 bits per heavy atom. The second-order valence-electron chi connectivity index (χ2n) is 6.03. The predicted molar refractivity (Wildman–Crippen MR) is 101 cm³/mol. The molecule has 0 unspecified atom stereocenters. The smallest absolute Gasteiger partial charge is 0.264 e. The van der Waals surface area contributed by atoms with Crippen molar-refractivity contribution in [2.75, 3.05) is 26.2 Å². The minimum Gasteiger partial charge on any atom is -0.335 e. The third-order valence-electron chi connectivity index (χ3n) is 4.43. The van der Waals surface area contributed by atoms with Crippen LogP contribution in [-0.2, 0) is 10.0 Å². The maximum absolute atomic E-state index is 12.8. The first-order valence-corrected chi connectivity index (χ1v) is 10.5. The summed E-state index contributed by atoms with van der Waals surface area (Å²) in [6, 6.07) is 12.9. The monoisotopic (exact) mass is 387 g/mol. The first-order valence-electron chi connectivity index (χ1n) is 8.24. The molecule has 0 radical (unpaired) electrons. The van der Waals surface area contributed by atoms with Gasteiger partial charge in [0.05, 0.1) is 4.88 Å². The normalized spacial score (nSPS) is 16.1. The van der Waals surface area contributed by atoms with Gasteiger partial charge in [0.1, 0.15) is 4.90 Å². The van der Waals surface area contributed by atoms with E-state index < -0.39 is 10.0 Å². The van der Waals surface area contributed by atoms with E-state index in [0.717, 1.165) is 10.1 Å². The molecule has 0 atom stereocenters. The van der Waals surface area contributed by atoms with Crippen LogP contribution in [0.1, 0.15) is 9.67 Å². The molecule has 8 heteroatoms. The van der Waals surface area contributed by atoms with E-state index in [4.69, 9.17) is 0 Å². The molecule has 0 bridgehead atoms. The SMILES string of the molecule is O=C(c1cc2ccccc2s1)N1CCN(S(=O)(=O)c2cccnc2)CC1. The van der Waals surface area contributed by atoms with Crippen LogP contribution >= 0.6 is 11.3 Å². The van der Waals surface area contributed by atoms with Crippen molar-refractivity contribution in [2.24, 2.45) is 0 Å². The van der Waals surface area contributed by atoms with Crippen LogP contribution in [0.2, 0.25) is 0 Å². The maximum Gasteiger partial charge on any atom is 0.264 e. The molecular weight excluding hydrogens is 370 g/mol. The fourth-order valence-electron chi connectivity index (χ4n) is 3.02. The number of rotatable bonds is 3. The zero-order valence-electron chi connectivity index (χ0n) is 13.9. The Morgan fingerprint density at radius 1 is 1.04 bits per heavy atom. The lowest BCUT2D eigenvalue weighted by molar-refractivity contribution is 0.0703. The highest BCUT2D eigenvalue weighted by atomic mass is 32.2. The van der Waals surface area contributed by atoms with Crippen LogP contribution in [0.15, 0.2) is 59.8 Å². The molecule has 26 heavy (non-hydrogen) atoms. The van der Waals surface area contributed by atoms with E-state index >= 15 is 0 Å². The van der Waals surface area contributed by atoms with E-state index in [1.807, 2.05) is 30.3 Å². The van der Waals surface area contributed by atoms with Gasteiger partial charge in [0.25, 0.3) is 5.91 Å². The summed E-state index contributed by atoms with van der Waals surface area (Å²) in [5, 5.41) is 1.05. The van der Waals surface area contributed by atoms with Gasteiger partial charge < -0.3 is 4.90 Å². The number of hydrogen-bond acceptors (Lipinski definition) is 5. The molecule has 0 aliphatic carbocycles. The molecule has 1 amide bonds. The highest BCUT2D eigenvalue weighted by Gasteiger charge is 2.30. The summed E-state index contributed by atoms with van der Waals surface area (Å²) in [6.07, 6.45) is 2.89. The summed E-state index contributed by atoms with van der Waals surface area (Å²) in [5.41, 5.74) is 0. The zero-order chi connectivity index (χ0) is 18.1. The average molecular weight is 387 g/mol. The third kappa shape index (κ3) is 3.11. The summed E-state index contributed by atoms with van der Waals surface area (Å²) in [6.45, 7) is 1.33. The first-order chi connectivity index (χ1) is 12.6. The molecule has 0 saturated carbocycles. The summed E-state index contributed by atoms with van der Waals surface area (Å²) >= 11 is 1.47. The number of carbonyl (C=O) groups excluding carboxylic acids is 1. The molecule has 3 aromatic rings. The van der Waals surface area contributed by atoms with E-state index in [0.29, 0.717) is 18.0 Å². The lowest BCUT2D eigenvalue weighted by Gasteiger charge is -2.33. The quantitative estimate of drug-likeness (QED) is 0.692. The minimum atomic E-state index is -3.56. The molecule has 1 aromatic carbocycles. The Labute approximate surface area is 155 Å². The van der Waals surface area contributed by atoms with Gasteiger partial charge in [-0.1, -0.05) is 18.2 Å². The van der Waals surface area contributed by atoms with E-state index in [1.54, 1.807) is 17.2 Å². The lowest BCUT2D eigenvalue weighted by Crippen LogP contribution is -2.50. The van der Waals surface area contributed by atoms with Crippen molar-refractivity contribution >= 4 is 37.4 Å². The number of hydrogen-bond donors (Lipinski definition) is 0. The molecule has 0 N–H and O–H groups in total. The van der Waals surface area contributed by atoms with E-state index in [9.17, 15) is 13.2 Å². The van der Waals surface area contributed by atoms with Gasteiger partial charge in [-0.05, 0) is 29.7 Å². The summed E-state index contributed by atoms with van der Waals surface area (Å²) in [4.78, 5) is 19.2. The van der Waals surface area contributed by atoms with Crippen molar-refractivity contribution < 1.29 is 13.2 Å². The molecule has 0 spiro atoms. The van der Waals surface area contributed by atoms with Gasteiger partial charge >= 0.3 is 0 Å². The second-order valence-corrected chi connectivity index (χ2v) is 9.06. The van der Waals surface area contributed by atoms with Crippen molar-refractivity contribution in [3.05, 3.63) is 59.7 Å². The molecule has 1 aliphatic rings. The number of piperazine rings is 1. The largest absolute Gasteiger partial charge is 0.335 e. The number of carbonyl (C=O) groups is 1. The van der Waals surface area contributed by atoms with Crippen molar-refractivity contribution in [2.45, 2.75) is 4.90 Å². The Balaban J connectivity index is 1.47. The second kappa shape index (κ2) is 6.79. The highest BCUT2D eigenvalue weighted by molar-refractivity contribution is 7.89. The Hall–Kier alpha value is -2.29. The number of fused-ring (bicyclic) bond motifs is 1. The zero-order valence-corrected chi connectivity index (χ0v) is 15.5. The predicted octanol–water partition coefficient (Wildman–Crippen LogP) is 2.44. The number of sulfonamides is 1. The van der Waals surface area contributed by atoms with E-state index in [2.05, 4.69) is 4.98 Å². The number of pyridine rings is 1. The van der Waals surface area contributed by atoms with Gasteiger partial charge in [-0.15, -0.1) is 11.3 Å². The van der Waals surface area contributed by atoms with Crippen LogP contribution in [0.3, 0.4) is 0 Å². The molecule has 2 aromatic heterocycles. The third-order valence-corrected chi connectivity index (χ3v) is 7.42. The summed E-state index contributed by atoms with van der Waals surface area (Å²) < 4.78 is 27.8. The Morgan fingerprint density at radius 2 is 1.81 bits per heavy atom. The topological polar surface area (TPSA) is 70.6 Å². The van der Waals surface area contributed by atoms with Crippen molar-refractivity contribution in [1.82, 2.24) is 14.2 Å². The fraction of sp³-hybridized carbons (Fsp3) is 0.222. The molecule has 6 nitrogen and oxygen atoms in total. The highest BCUT2D eigenvalue weighted by Crippen LogP contribution is 2.27. The van der Waals surface area contributed by atoms with Crippen LogP contribution < -0.4 is 0 Å².